The molecule has 0 spiro atoms. The molecule has 2 aliphatic heterocycles. The van der Waals surface area contributed by atoms with Crippen molar-refractivity contribution in [2.75, 3.05) is 31.1 Å². The van der Waals surface area contributed by atoms with Gasteiger partial charge >= 0.3 is 0 Å². The maximum atomic E-state index is 12.9. The molecule has 8 heteroatoms. The maximum absolute atomic E-state index is 12.9. The largest absolute Gasteiger partial charge is 0.344 e. The van der Waals surface area contributed by atoms with Crippen LogP contribution in [0.25, 0.3) is 0 Å². The van der Waals surface area contributed by atoms with Crippen LogP contribution in [0.4, 0.5) is 0 Å². The van der Waals surface area contributed by atoms with E-state index in [-0.39, 0.29) is 29.0 Å². The number of piperidine rings is 1. The number of amides is 1. The van der Waals surface area contributed by atoms with Crippen molar-refractivity contribution in [1.82, 2.24) is 20.0 Å². The van der Waals surface area contributed by atoms with Crippen LogP contribution in [-0.2, 0) is 9.84 Å². The Labute approximate surface area is 167 Å². The van der Waals surface area contributed by atoms with E-state index < -0.39 is 9.84 Å². The smallest absolute Gasteiger partial charge is 0.272 e. The summed E-state index contributed by atoms with van der Waals surface area (Å²) in [4.78, 5) is 15.3. The molecule has 0 radical (unpaired) electrons. The molecule has 7 nitrogen and oxygen atoms in total. The van der Waals surface area contributed by atoms with Crippen LogP contribution in [0.3, 0.4) is 0 Å². The molecule has 3 heterocycles. The van der Waals surface area contributed by atoms with Gasteiger partial charge in [0.15, 0.2) is 9.84 Å². The number of aromatic nitrogens is 2. The normalized spacial score (nSPS) is 25.7. The van der Waals surface area contributed by atoms with Crippen molar-refractivity contribution in [3.63, 3.8) is 0 Å². The number of nitrogens with one attached hydrogen (secondary N) is 1. The first-order valence-corrected chi connectivity index (χ1v) is 12.4. The maximum Gasteiger partial charge on any atom is 0.272 e. The molecule has 1 amide bonds. The van der Waals surface area contributed by atoms with Crippen molar-refractivity contribution < 1.29 is 13.2 Å². The number of likely N-dealkylation sites (tertiary alicyclic amines) is 1. The van der Waals surface area contributed by atoms with Crippen molar-refractivity contribution in [3.05, 3.63) is 17.5 Å². The molecule has 1 saturated carbocycles. The number of nitrogens with zero attached hydrogens (tertiary/aromatic N) is 3. The van der Waals surface area contributed by atoms with Gasteiger partial charge in [0.25, 0.3) is 5.91 Å². The van der Waals surface area contributed by atoms with Crippen LogP contribution >= 0.6 is 0 Å². The molecule has 2 saturated heterocycles. The lowest BCUT2D eigenvalue weighted by Gasteiger charge is -2.35. The van der Waals surface area contributed by atoms with E-state index in [1.807, 2.05) is 10.7 Å². The Kier molecular flexibility index (Phi) is 5.29. The van der Waals surface area contributed by atoms with Crippen molar-refractivity contribution in [2.24, 2.45) is 0 Å². The third-order valence-electron chi connectivity index (χ3n) is 6.07. The third-order valence-corrected chi connectivity index (χ3v) is 7.82. The van der Waals surface area contributed by atoms with Gasteiger partial charge < -0.3 is 10.2 Å². The average molecular weight is 409 g/mol. The third kappa shape index (κ3) is 4.59. The highest BCUT2D eigenvalue weighted by Gasteiger charge is 2.36. The predicted octanol–water partition coefficient (Wildman–Crippen LogP) is 2.11. The summed E-state index contributed by atoms with van der Waals surface area (Å²) in [5.74, 6) is 0.601. The molecule has 1 aromatic heterocycles. The second kappa shape index (κ2) is 7.44. The van der Waals surface area contributed by atoms with Crippen molar-refractivity contribution in [3.8, 4) is 0 Å². The van der Waals surface area contributed by atoms with Crippen LogP contribution in [0.15, 0.2) is 6.07 Å². The van der Waals surface area contributed by atoms with E-state index in [2.05, 4.69) is 29.2 Å². The zero-order valence-corrected chi connectivity index (χ0v) is 17.8. The minimum absolute atomic E-state index is 0.135. The quantitative estimate of drug-likeness (QED) is 0.779. The second-order valence-corrected chi connectivity index (χ2v) is 11.6. The van der Waals surface area contributed by atoms with Crippen LogP contribution in [0, 0.1) is 0 Å². The monoisotopic (exact) mass is 408 g/mol. The molecule has 1 atom stereocenters. The molecule has 0 bridgehead atoms. The zero-order chi connectivity index (χ0) is 19.9. The molecule has 1 N–H and O–H groups in total. The molecule has 156 valence electrons. The first-order valence-electron chi connectivity index (χ1n) is 10.6. The molecule has 1 aromatic rings. The topological polar surface area (TPSA) is 84.3 Å². The molecule has 3 aliphatic rings. The van der Waals surface area contributed by atoms with Gasteiger partial charge in [0.1, 0.15) is 5.69 Å². The fourth-order valence-corrected chi connectivity index (χ4v) is 6.24. The fourth-order valence-electron chi connectivity index (χ4n) is 4.55. The van der Waals surface area contributed by atoms with Gasteiger partial charge in [-0.15, -0.1) is 0 Å². The van der Waals surface area contributed by atoms with Crippen LogP contribution in [-0.4, -0.2) is 65.7 Å². The number of sulfone groups is 1. The summed E-state index contributed by atoms with van der Waals surface area (Å²) in [5, 5.41) is 7.73. The predicted molar refractivity (Wildman–Crippen MR) is 108 cm³/mol. The standard InChI is InChI=1S/C20H32N4O3S/c1-20(2,14-23-9-4-3-5-10-23)21-19(25)17-12-18(15-6-7-15)24(22-17)16-8-11-28(26,27)13-16/h12,15-16H,3-11,13-14H2,1-2H3,(H,21,25). The van der Waals surface area contributed by atoms with Crippen LogP contribution < -0.4 is 5.32 Å². The fraction of sp³-hybridized carbons (Fsp3) is 0.800. The van der Waals surface area contributed by atoms with E-state index in [1.54, 1.807) is 0 Å². The Bertz CT molecular complexity index is 836. The van der Waals surface area contributed by atoms with E-state index in [0.717, 1.165) is 38.2 Å². The average Bonchev–Trinajstić information content (AvgIpc) is 3.26. The number of carbonyl (C=O) groups excluding carboxylic acids is 1. The molecule has 3 fully saturated rings. The van der Waals surface area contributed by atoms with Crippen LogP contribution in [0.1, 0.15) is 80.5 Å². The minimum Gasteiger partial charge on any atom is -0.344 e. The highest BCUT2D eigenvalue weighted by molar-refractivity contribution is 7.91. The Morgan fingerprint density at radius 2 is 1.93 bits per heavy atom. The second-order valence-electron chi connectivity index (χ2n) is 9.40. The summed E-state index contributed by atoms with van der Waals surface area (Å²) in [7, 11) is -2.99. The molecular weight excluding hydrogens is 376 g/mol. The van der Waals surface area contributed by atoms with E-state index in [1.165, 1.54) is 19.3 Å². The summed E-state index contributed by atoms with van der Waals surface area (Å²) >= 11 is 0. The summed E-state index contributed by atoms with van der Waals surface area (Å²) in [6.07, 6.45) is 6.51. The Balaban J connectivity index is 1.47. The number of hydrogen-bond acceptors (Lipinski definition) is 5. The summed E-state index contributed by atoms with van der Waals surface area (Å²) in [6.45, 7) is 7.13. The Morgan fingerprint density at radius 3 is 2.54 bits per heavy atom. The first kappa shape index (κ1) is 19.9. The molecule has 1 unspecified atom stereocenters. The van der Waals surface area contributed by atoms with Gasteiger partial charge in [0.2, 0.25) is 0 Å². The zero-order valence-electron chi connectivity index (χ0n) is 17.0. The minimum atomic E-state index is -2.99. The summed E-state index contributed by atoms with van der Waals surface area (Å²) in [5.41, 5.74) is 1.10. The summed E-state index contributed by atoms with van der Waals surface area (Å²) in [6, 6.07) is 1.75. The SMILES string of the molecule is CC(C)(CN1CCCCC1)NC(=O)c1cc(C2CC2)n(C2CCS(=O)(=O)C2)n1. The lowest BCUT2D eigenvalue weighted by Crippen LogP contribution is -2.52. The molecule has 4 rings (SSSR count). The van der Waals surface area contributed by atoms with E-state index >= 15 is 0 Å². The first-order chi connectivity index (χ1) is 13.2. The lowest BCUT2D eigenvalue weighted by atomic mass is 10.0. The van der Waals surface area contributed by atoms with Gasteiger partial charge in [0.05, 0.1) is 17.5 Å². The molecule has 28 heavy (non-hydrogen) atoms. The van der Waals surface area contributed by atoms with Gasteiger partial charge in [0, 0.05) is 23.7 Å². The van der Waals surface area contributed by atoms with Gasteiger partial charge in [-0.25, -0.2) is 8.42 Å². The van der Waals surface area contributed by atoms with E-state index in [0.29, 0.717) is 18.0 Å². The molecule has 0 aromatic carbocycles. The van der Waals surface area contributed by atoms with Gasteiger partial charge in [-0.05, 0) is 65.1 Å². The lowest BCUT2D eigenvalue weighted by molar-refractivity contribution is 0.0872. The van der Waals surface area contributed by atoms with Crippen molar-refractivity contribution >= 4 is 15.7 Å². The van der Waals surface area contributed by atoms with Gasteiger partial charge in [-0.1, -0.05) is 6.42 Å². The van der Waals surface area contributed by atoms with Crippen molar-refractivity contribution in [2.45, 2.75) is 69.9 Å². The number of carbonyl (C=O) groups is 1. The molecule has 1 aliphatic carbocycles. The van der Waals surface area contributed by atoms with Crippen molar-refractivity contribution in [1.29, 1.82) is 0 Å². The van der Waals surface area contributed by atoms with E-state index in [4.69, 9.17) is 0 Å². The molecular formula is C20H32N4O3S. The highest BCUT2D eigenvalue weighted by Crippen LogP contribution is 2.42. The Morgan fingerprint density at radius 1 is 1.21 bits per heavy atom. The Hall–Kier alpha value is -1.41. The number of rotatable bonds is 6. The number of hydrogen-bond donors (Lipinski definition) is 1. The van der Waals surface area contributed by atoms with Crippen LogP contribution in [0.2, 0.25) is 0 Å². The van der Waals surface area contributed by atoms with Crippen LogP contribution in [0.5, 0.6) is 0 Å². The highest BCUT2D eigenvalue weighted by atomic mass is 32.2. The van der Waals surface area contributed by atoms with E-state index in [9.17, 15) is 13.2 Å². The van der Waals surface area contributed by atoms with Gasteiger partial charge in [-0.2, -0.15) is 5.10 Å². The van der Waals surface area contributed by atoms with Gasteiger partial charge in [-0.3, -0.25) is 9.48 Å². The summed E-state index contributed by atoms with van der Waals surface area (Å²) < 4.78 is 25.6.